The Morgan fingerprint density at radius 3 is 2.12 bits per heavy atom. The Bertz CT molecular complexity index is 2990. The minimum Gasteiger partial charge on any atom is -0.454 e. The molecule has 1 atom stereocenters. The zero-order chi connectivity index (χ0) is 43.6. The van der Waals surface area contributed by atoms with Crippen LogP contribution in [-0.2, 0) is 6.42 Å². The fraction of sp³-hybridized carbons (Fsp3) is 0.211. The average molecular weight is 839 g/mol. The first kappa shape index (κ1) is 41.0. The second-order valence-corrected chi connectivity index (χ2v) is 17.2. The standard InChI is InChI=1S/C57H54N6O/c1-4-18-47-48-35-41(57-61-55(39-20-6-5-7-21-39)60-56(62-57)40-22-16-23-42(58)33-32-40)36-50(59-49-28-13-10-27-46(49)43-24-9-8-19-37(43)2)54(48)64-53(47)31-17-34-63-51-29-14-11-25-44(51)38(3)45-26-12-15-30-52(45)63/h5-15,17,19-22,24-31,35-36,38,42,59H,4,16,18,23,32-34,58H2,1-3H3/b31-17-. The van der Waals surface area contributed by atoms with Gasteiger partial charge in [-0.2, -0.15) is 0 Å². The molecule has 0 amide bonds. The van der Waals surface area contributed by atoms with Crippen LogP contribution in [0.15, 0.2) is 156 Å². The highest BCUT2D eigenvalue weighted by atomic mass is 16.3. The predicted molar refractivity (Wildman–Crippen MR) is 265 cm³/mol. The van der Waals surface area contributed by atoms with Gasteiger partial charge in [0.05, 0.1) is 5.69 Å². The van der Waals surface area contributed by atoms with Crippen LogP contribution < -0.4 is 16.0 Å². The van der Waals surface area contributed by atoms with Crippen LogP contribution in [-0.4, -0.2) is 27.5 Å². The molecule has 2 aromatic heterocycles. The van der Waals surface area contributed by atoms with E-state index in [2.05, 4.69) is 171 Å². The number of allylic oxidation sites excluding steroid dienone is 2. The first-order chi connectivity index (χ1) is 31.4. The fourth-order valence-electron chi connectivity index (χ4n) is 9.56. The van der Waals surface area contributed by atoms with Gasteiger partial charge >= 0.3 is 0 Å². The van der Waals surface area contributed by atoms with Gasteiger partial charge in [-0.25, -0.2) is 15.0 Å². The van der Waals surface area contributed by atoms with E-state index in [4.69, 9.17) is 25.1 Å². The van der Waals surface area contributed by atoms with E-state index in [9.17, 15) is 0 Å². The molecule has 0 saturated carbocycles. The number of aryl methyl sites for hydroxylation is 2. The SMILES string of the molecule is CCCc1c(/C=C\CN2c3ccccc3C(C)c3ccccc32)oc2c(Nc3ccccc3-c3ccccc3C)cc(-c3nc(C4=CCCC(N)CC4)nc(-c4ccccc4)n3)cc12. The highest BCUT2D eigenvalue weighted by molar-refractivity contribution is 5.99. The molecule has 0 spiro atoms. The highest BCUT2D eigenvalue weighted by Crippen LogP contribution is 2.45. The number of anilines is 4. The van der Waals surface area contributed by atoms with Crippen molar-refractivity contribution in [2.24, 2.45) is 5.73 Å². The number of para-hydroxylation sites is 3. The quantitative estimate of drug-likeness (QED) is 0.134. The lowest BCUT2D eigenvalue weighted by molar-refractivity contribution is 0.595. The molecule has 10 rings (SSSR count). The third kappa shape index (κ3) is 8.04. The van der Waals surface area contributed by atoms with Gasteiger partial charge < -0.3 is 20.4 Å². The van der Waals surface area contributed by atoms with Crippen molar-refractivity contribution in [3.05, 3.63) is 186 Å². The van der Waals surface area contributed by atoms with E-state index >= 15 is 0 Å². The Labute approximate surface area is 376 Å². The van der Waals surface area contributed by atoms with Crippen LogP contribution in [0.1, 0.15) is 85.7 Å². The molecule has 0 fully saturated rings. The summed E-state index contributed by atoms with van der Waals surface area (Å²) in [5.41, 5.74) is 21.9. The molecule has 3 N–H and O–H groups in total. The Kier molecular flexibility index (Phi) is 11.5. The molecule has 2 aliphatic rings. The second-order valence-electron chi connectivity index (χ2n) is 17.2. The van der Waals surface area contributed by atoms with Crippen LogP contribution in [0.2, 0.25) is 0 Å². The Balaban J connectivity index is 1.13. The highest BCUT2D eigenvalue weighted by Gasteiger charge is 2.27. The Morgan fingerprint density at radius 2 is 1.38 bits per heavy atom. The van der Waals surface area contributed by atoms with E-state index in [1.165, 1.54) is 33.6 Å². The summed E-state index contributed by atoms with van der Waals surface area (Å²) in [6.45, 7) is 7.39. The molecule has 1 aliphatic carbocycles. The lowest BCUT2D eigenvalue weighted by atomic mass is 9.86. The summed E-state index contributed by atoms with van der Waals surface area (Å²) in [4.78, 5) is 18.0. The van der Waals surface area contributed by atoms with Crippen LogP contribution in [0, 0.1) is 6.92 Å². The number of fused-ring (bicyclic) bond motifs is 3. The van der Waals surface area contributed by atoms with E-state index in [0.717, 1.165) is 94.5 Å². The maximum Gasteiger partial charge on any atom is 0.164 e. The second kappa shape index (κ2) is 17.9. The number of nitrogens with two attached hydrogens (primary N) is 1. The topological polar surface area (TPSA) is 93.1 Å². The van der Waals surface area contributed by atoms with Gasteiger partial charge in [-0.15, -0.1) is 0 Å². The molecule has 0 bridgehead atoms. The summed E-state index contributed by atoms with van der Waals surface area (Å²) >= 11 is 0. The molecular weight excluding hydrogens is 785 g/mol. The largest absolute Gasteiger partial charge is 0.454 e. The normalized spacial score (nSPS) is 15.2. The smallest absolute Gasteiger partial charge is 0.164 e. The van der Waals surface area contributed by atoms with Gasteiger partial charge in [0.1, 0.15) is 5.76 Å². The first-order valence-corrected chi connectivity index (χ1v) is 22.8. The van der Waals surface area contributed by atoms with Gasteiger partial charge in [0, 0.05) is 63.2 Å². The van der Waals surface area contributed by atoms with Crippen LogP contribution in [0.5, 0.6) is 0 Å². The van der Waals surface area contributed by atoms with E-state index in [-0.39, 0.29) is 6.04 Å². The van der Waals surface area contributed by atoms with Gasteiger partial charge in [0.15, 0.2) is 23.1 Å². The maximum absolute atomic E-state index is 7.05. The van der Waals surface area contributed by atoms with Gasteiger partial charge in [-0.05, 0) is 103 Å². The van der Waals surface area contributed by atoms with Crippen molar-refractivity contribution < 1.29 is 4.42 Å². The molecule has 318 valence electrons. The van der Waals surface area contributed by atoms with Crippen molar-refractivity contribution in [3.8, 4) is 33.9 Å². The predicted octanol–water partition coefficient (Wildman–Crippen LogP) is 14.2. The summed E-state index contributed by atoms with van der Waals surface area (Å²) in [6, 6.07) is 49.4. The number of furan rings is 1. The third-order valence-electron chi connectivity index (χ3n) is 12.9. The lowest BCUT2D eigenvalue weighted by Gasteiger charge is -2.36. The summed E-state index contributed by atoms with van der Waals surface area (Å²) in [7, 11) is 0. The summed E-state index contributed by atoms with van der Waals surface area (Å²) < 4.78 is 7.05. The van der Waals surface area contributed by atoms with Crippen LogP contribution in [0.3, 0.4) is 0 Å². The maximum atomic E-state index is 7.05. The van der Waals surface area contributed by atoms with Crippen molar-refractivity contribution in [1.29, 1.82) is 0 Å². The molecule has 3 heterocycles. The molecule has 64 heavy (non-hydrogen) atoms. The minimum atomic E-state index is 0.165. The number of aromatic nitrogens is 3. The van der Waals surface area contributed by atoms with Crippen molar-refractivity contribution >= 4 is 45.4 Å². The zero-order valence-electron chi connectivity index (χ0n) is 36.9. The van der Waals surface area contributed by atoms with Gasteiger partial charge in [-0.1, -0.05) is 142 Å². The van der Waals surface area contributed by atoms with E-state index in [0.29, 0.717) is 29.9 Å². The number of hydrogen-bond acceptors (Lipinski definition) is 7. The summed E-state index contributed by atoms with van der Waals surface area (Å²) in [5, 5.41) is 4.92. The fourth-order valence-corrected chi connectivity index (χ4v) is 9.56. The Hall–Kier alpha value is -7.09. The Morgan fingerprint density at radius 1 is 0.719 bits per heavy atom. The molecule has 1 unspecified atom stereocenters. The number of benzene rings is 6. The molecular formula is C57H54N6O. The van der Waals surface area contributed by atoms with Gasteiger partial charge in [0.25, 0.3) is 0 Å². The molecule has 6 aromatic carbocycles. The number of hydrogen-bond donors (Lipinski definition) is 2. The number of rotatable bonds is 11. The molecule has 8 aromatic rings. The molecule has 7 nitrogen and oxygen atoms in total. The summed E-state index contributed by atoms with van der Waals surface area (Å²) in [5.74, 6) is 3.15. The third-order valence-corrected chi connectivity index (χ3v) is 12.9. The first-order valence-electron chi connectivity index (χ1n) is 22.8. The van der Waals surface area contributed by atoms with Crippen LogP contribution in [0.4, 0.5) is 22.7 Å². The average Bonchev–Trinajstić information content (AvgIpc) is 3.52. The van der Waals surface area contributed by atoms with Crippen molar-refractivity contribution in [1.82, 2.24) is 15.0 Å². The van der Waals surface area contributed by atoms with Crippen molar-refractivity contribution in [2.75, 3.05) is 16.8 Å². The van der Waals surface area contributed by atoms with E-state index in [1.54, 1.807) is 0 Å². The lowest BCUT2D eigenvalue weighted by Crippen LogP contribution is -2.24. The van der Waals surface area contributed by atoms with Gasteiger partial charge in [-0.3, -0.25) is 0 Å². The van der Waals surface area contributed by atoms with Gasteiger partial charge in [0.2, 0.25) is 0 Å². The van der Waals surface area contributed by atoms with Crippen molar-refractivity contribution in [2.45, 2.75) is 71.3 Å². The van der Waals surface area contributed by atoms with E-state index < -0.39 is 0 Å². The summed E-state index contributed by atoms with van der Waals surface area (Å²) in [6.07, 6.45) is 12.1. The van der Waals surface area contributed by atoms with Crippen LogP contribution >= 0.6 is 0 Å². The monoisotopic (exact) mass is 838 g/mol. The zero-order valence-corrected chi connectivity index (χ0v) is 36.9. The molecule has 1 aliphatic heterocycles. The molecule has 0 saturated heterocycles. The van der Waals surface area contributed by atoms with Crippen LogP contribution in [0.25, 0.3) is 56.5 Å². The van der Waals surface area contributed by atoms with Crippen molar-refractivity contribution in [3.63, 3.8) is 0 Å². The van der Waals surface area contributed by atoms with E-state index in [1.807, 2.05) is 18.2 Å². The number of nitrogens with zero attached hydrogens (tertiary/aromatic N) is 4. The minimum absolute atomic E-state index is 0.165. The molecule has 7 heteroatoms. The molecule has 0 radical (unpaired) electrons. The number of nitrogens with one attached hydrogen (secondary N) is 1.